The zero-order valence-electron chi connectivity index (χ0n) is 10.5. The van der Waals surface area contributed by atoms with Crippen molar-refractivity contribution in [1.29, 1.82) is 0 Å². The van der Waals surface area contributed by atoms with Gasteiger partial charge in [0, 0.05) is 19.5 Å². The molecule has 4 nitrogen and oxygen atoms in total. The van der Waals surface area contributed by atoms with Crippen LogP contribution in [0.2, 0.25) is 0 Å². The predicted octanol–water partition coefficient (Wildman–Crippen LogP) is 1.32. The van der Waals surface area contributed by atoms with E-state index >= 15 is 0 Å². The van der Waals surface area contributed by atoms with Gasteiger partial charge in [-0.05, 0) is 19.3 Å². The van der Waals surface area contributed by atoms with Crippen LogP contribution in [-0.4, -0.2) is 31.7 Å². The maximum absolute atomic E-state index is 11.2. The molecular formula is C11H25ClN2O2. The van der Waals surface area contributed by atoms with Gasteiger partial charge in [0.05, 0.1) is 12.7 Å². The average Bonchev–Trinajstić information content (AvgIpc) is 2.13. The van der Waals surface area contributed by atoms with Gasteiger partial charge in [-0.15, -0.1) is 12.4 Å². The molecule has 0 aliphatic carbocycles. The fraction of sp³-hybridized carbons (Fsp3) is 0.909. The number of rotatable bonds is 8. The van der Waals surface area contributed by atoms with Gasteiger partial charge in [-0.1, -0.05) is 13.8 Å². The molecule has 0 aromatic heterocycles. The summed E-state index contributed by atoms with van der Waals surface area (Å²) in [5.74, 6) is 0.642. The van der Waals surface area contributed by atoms with Crippen LogP contribution < -0.4 is 11.1 Å². The van der Waals surface area contributed by atoms with Crippen molar-refractivity contribution in [3.63, 3.8) is 0 Å². The minimum atomic E-state index is 0. The van der Waals surface area contributed by atoms with Gasteiger partial charge in [0.2, 0.25) is 5.91 Å². The number of hydrogen-bond acceptors (Lipinski definition) is 3. The van der Waals surface area contributed by atoms with E-state index in [0.717, 1.165) is 6.42 Å². The smallest absolute Gasteiger partial charge is 0.222 e. The normalized spacial score (nSPS) is 12.1. The molecule has 5 heteroatoms. The summed E-state index contributed by atoms with van der Waals surface area (Å²) in [6, 6.07) is 0. The first-order valence-corrected chi connectivity index (χ1v) is 5.64. The molecule has 0 aromatic carbocycles. The molecule has 1 unspecified atom stereocenters. The van der Waals surface area contributed by atoms with E-state index in [4.69, 9.17) is 10.5 Å². The SMILES string of the molecule is CC(C)CC(C)OCCC(=O)NCCN.Cl. The molecule has 0 heterocycles. The molecule has 0 bridgehead atoms. The molecule has 0 fully saturated rings. The van der Waals surface area contributed by atoms with Gasteiger partial charge in [-0.3, -0.25) is 4.79 Å². The van der Waals surface area contributed by atoms with E-state index in [9.17, 15) is 4.79 Å². The van der Waals surface area contributed by atoms with Gasteiger partial charge in [-0.25, -0.2) is 0 Å². The van der Waals surface area contributed by atoms with Crippen molar-refractivity contribution in [2.45, 2.75) is 39.7 Å². The van der Waals surface area contributed by atoms with Crippen molar-refractivity contribution in [3.05, 3.63) is 0 Å². The Hall–Kier alpha value is -0.320. The number of hydrogen-bond donors (Lipinski definition) is 2. The largest absolute Gasteiger partial charge is 0.378 e. The Bertz CT molecular complexity index is 177. The van der Waals surface area contributed by atoms with Crippen molar-refractivity contribution in [2.75, 3.05) is 19.7 Å². The summed E-state index contributed by atoms with van der Waals surface area (Å²) in [7, 11) is 0. The summed E-state index contributed by atoms with van der Waals surface area (Å²) in [6.07, 6.45) is 1.68. The summed E-state index contributed by atoms with van der Waals surface area (Å²) >= 11 is 0. The van der Waals surface area contributed by atoms with Crippen molar-refractivity contribution in [2.24, 2.45) is 11.7 Å². The first kappa shape index (κ1) is 18.1. The number of halogens is 1. The van der Waals surface area contributed by atoms with E-state index in [1.807, 2.05) is 6.92 Å². The van der Waals surface area contributed by atoms with E-state index in [1.54, 1.807) is 0 Å². The van der Waals surface area contributed by atoms with E-state index in [2.05, 4.69) is 19.2 Å². The standard InChI is InChI=1S/C11H24N2O2.ClH/c1-9(2)8-10(3)15-7-4-11(14)13-6-5-12;/h9-10H,4-8,12H2,1-3H3,(H,13,14);1H. The Kier molecular flexibility index (Phi) is 12.6. The monoisotopic (exact) mass is 252 g/mol. The highest BCUT2D eigenvalue weighted by Gasteiger charge is 2.06. The third-order valence-electron chi connectivity index (χ3n) is 2.00. The summed E-state index contributed by atoms with van der Waals surface area (Å²) in [5, 5.41) is 2.70. The third-order valence-corrected chi connectivity index (χ3v) is 2.00. The van der Waals surface area contributed by atoms with Crippen molar-refractivity contribution in [1.82, 2.24) is 5.32 Å². The van der Waals surface area contributed by atoms with Gasteiger partial charge in [-0.2, -0.15) is 0 Å². The van der Waals surface area contributed by atoms with Gasteiger partial charge in [0.15, 0.2) is 0 Å². The van der Waals surface area contributed by atoms with Gasteiger partial charge < -0.3 is 15.8 Å². The number of nitrogens with one attached hydrogen (secondary N) is 1. The molecule has 0 aromatic rings. The highest BCUT2D eigenvalue weighted by atomic mass is 35.5. The van der Waals surface area contributed by atoms with E-state index in [1.165, 1.54) is 0 Å². The van der Waals surface area contributed by atoms with E-state index < -0.39 is 0 Å². The fourth-order valence-corrected chi connectivity index (χ4v) is 1.38. The lowest BCUT2D eigenvalue weighted by atomic mass is 10.1. The van der Waals surface area contributed by atoms with Crippen molar-refractivity contribution < 1.29 is 9.53 Å². The van der Waals surface area contributed by atoms with Crippen LogP contribution in [0.15, 0.2) is 0 Å². The van der Waals surface area contributed by atoms with Crippen LogP contribution in [-0.2, 0) is 9.53 Å². The van der Waals surface area contributed by atoms with Crippen LogP contribution in [0.4, 0.5) is 0 Å². The second-order valence-corrected chi connectivity index (χ2v) is 4.20. The van der Waals surface area contributed by atoms with Crippen molar-refractivity contribution in [3.8, 4) is 0 Å². The molecule has 0 aliphatic heterocycles. The first-order chi connectivity index (χ1) is 7.06. The Balaban J connectivity index is 0. The molecule has 0 radical (unpaired) electrons. The minimum Gasteiger partial charge on any atom is -0.378 e. The summed E-state index contributed by atoms with van der Waals surface area (Å²) < 4.78 is 5.51. The van der Waals surface area contributed by atoms with E-state index in [0.29, 0.717) is 32.0 Å². The second-order valence-electron chi connectivity index (χ2n) is 4.20. The number of carbonyl (C=O) groups is 1. The highest BCUT2D eigenvalue weighted by molar-refractivity contribution is 5.85. The molecule has 98 valence electrons. The molecule has 0 saturated carbocycles. The molecule has 0 saturated heterocycles. The van der Waals surface area contributed by atoms with Crippen LogP contribution in [0.25, 0.3) is 0 Å². The van der Waals surface area contributed by atoms with Gasteiger partial charge in [0.1, 0.15) is 0 Å². The molecule has 0 rings (SSSR count). The Morgan fingerprint density at radius 1 is 1.38 bits per heavy atom. The Labute approximate surface area is 105 Å². The molecule has 0 spiro atoms. The maximum Gasteiger partial charge on any atom is 0.222 e. The number of nitrogens with two attached hydrogens (primary N) is 1. The summed E-state index contributed by atoms with van der Waals surface area (Å²) in [5.41, 5.74) is 5.26. The lowest BCUT2D eigenvalue weighted by molar-refractivity contribution is -0.122. The first-order valence-electron chi connectivity index (χ1n) is 5.64. The molecule has 3 N–H and O–H groups in total. The lowest BCUT2D eigenvalue weighted by Crippen LogP contribution is -2.30. The van der Waals surface area contributed by atoms with Crippen LogP contribution in [0.3, 0.4) is 0 Å². The van der Waals surface area contributed by atoms with Crippen LogP contribution in [0.5, 0.6) is 0 Å². The number of carbonyl (C=O) groups excluding carboxylic acids is 1. The minimum absolute atomic E-state index is 0. The summed E-state index contributed by atoms with van der Waals surface area (Å²) in [4.78, 5) is 11.2. The lowest BCUT2D eigenvalue weighted by Gasteiger charge is -2.14. The predicted molar refractivity (Wildman–Crippen MR) is 68.8 cm³/mol. The molecular weight excluding hydrogens is 228 g/mol. The molecule has 16 heavy (non-hydrogen) atoms. The Morgan fingerprint density at radius 2 is 2.00 bits per heavy atom. The second kappa shape index (κ2) is 11.2. The zero-order valence-corrected chi connectivity index (χ0v) is 11.3. The zero-order chi connectivity index (χ0) is 11.7. The third kappa shape index (κ3) is 11.8. The number of ether oxygens (including phenoxy) is 1. The maximum atomic E-state index is 11.2. The highest BCUT2D eigenvalue weighted by Crippen LogP contribution is 2.07. The van der Waals surface area contributed by atoms with Gasteiger partial charge >= 0.3 is 0 Å². The van der Waals surface area contributed by atoms with E-state index in [-0.39, 0.29) is 24.4 Å². The number of amides is 1. The van der Waals surface area contributed by atoms with Crippen LogP contribution in [0, 0.1) is 5.92 Å². The molecule has 1 amide bonds. The molecule has 0 aliphatic rings. The Morgan fingerprint density at radius 3 is 2.50 bits per heavy atom. The van der Waals surface area contributed by atoms with Crippen LogP contribution >= 0.6 is 12.4 Å². The van der Waals surface area contributed by atoms with Gasteiger partial charge in [0.25, 0.3) is 0 Å². The average molecular weight is 253 g/mol. The van der Waals surface area contributed by atoms with Crippen molar-refractivity contribution >= 4 is 18.3 Å². The van der Waals surface area contributed by atoms with Crippen LogP contribution in [0.1, 0.15) is 33.6 Å². The summed E-state index contributed by atoms with van der Waals surface area (Å²) in [6.45, 7) is 7.88. The fourth-order valence-electron chi connectivity index (χ4n) is 1.38. The molecule has 1 atom stereocenters. The topological polar surface area (TPSA) is 64.3 Å². The quantitative estimate of drug-likeness (QED) is 0.685.